The number of rotatable bonds is 1. The van der Waals surface area contributed by atoms with Crippen molar-refractivity contribution in [3.8, 4) is 0 Å². The van der Waals surface area contributed by atoms with Crippen LogP contribution in [0.3, 0.4) is 0 Å². The van der Waals surface area contributed by atoms with Crippen molar-refractivity contribution in [3.05, 3.63) is 24.3 Å². The Hall–Kier alpha value is -0.780. The fraction of sp³-hybridized carbons (Fsp3) is 0.429. The number of halogens is 3. The molecule has 0 spiro atoms. The molecule has 0 bridgehead atoms. The van der Waals surface area contributed by atoms with E-state index in [1.807, 2.05) is 0 Å². The first kappa shape index (κ1) is 10.3. The summed E-state index contributed by atoms with van der Waals surface area (Å²) in [6.07, 6.45) is 5.15. The lowest BCUT2D eigenvalue weighted by Gasteiger charge is -2.15. The lowest BCUT2D eigenvalue weighted by molar-refractivity contribution is -0.0441. The Kier molecular flexibility index (Phi) is 2.51. The molecule has 0 aromatic rings. The van der Waals surface area contributed by atoms with Crippen molar-refractivity contribution < 1.29 is 21.6 Å². The molecule has 1 unspecified atom stereocenters. The molecule has 0 aromatic carbocycles. The number of sulfone groups is 1. The van der Waals surface area contributed by atoms with Gasteiger partial charge in [0.2, 0.25) is 0 Å². The molecule has 1 aliphatic rings. The Balaban J connectivity index is 2.96. The van der Waals surface area contributed by atoms with E-state index in [1.165, 1.54) is 18.2 Å². The molecule has 0 aromatic heterocycles. The van der Waals surface area contributed by atoms with Crippen molar-refractivity contribution in [2.45, 2.75) is 17.2 Å². The van der Waals surface area contributed by atoms with Gasteiger partial charge in [0.15, 0.2) is 0 Å². The quantitative estimate of drug-likeness (QED) is 0.664. The van der Waals surface area contributed by atoms with Gasteiger partial charge in [-0.1, -0.05) is 24.3 Å². The summed E-state index contributed by atoms with van der Waals surface area (Å²) in [6, 6.07) is 0. The Labute approximate surface area is 73.7 Å². The minimum Gasteiger partial charge on any atom is -0.219 e. The van der Waals surface area contributed by atoms with E-state index >= 15 is 0 Å². The Morgan fingerprint density at radius 3 is 2.23 bits per heavy atom. The zero-order valence-electron chi connectivity index (χ0n) is 6.45. The highest BCUT2D eigenvalue weighted by atomic mass is 32.2. The fourth-order valence-electron chi connectivity index (χ4n) is 0.960. The Morgan fingerprint density at radius 2 is 1.85 bits per heavy atom. The molecule has 0 N–H and O–H groups in total. The molecule has 1 aliphatic carbocycles. The Bertz CT molecular complexity index is 337. The van der Waals surface area contributed by atoms with Gasteiger partial charge in [-0.15, -0.1) is 0 Å². The smallest absolute Gasteiger partial charge is 0.219 e. The topological polar surface area (TPSA) is 34.1 Å². The predicted octanol–water partition coefficient (Wildman–Crippen LogP) is 1.81. The van der Waals surface area contributed by atoms with E-state index < -0.39 is 20.6 Å². The van der Waals surface area contributed by atoms with Crippen LogP contribution in [0.1, 0.15) is 6.42 Å². The van der Waals surface area contributed by atoms with Crippen LogP contribution in [0.25, 0.3) is 0 Å². The highest BCUT2D eigenvalue weighted by molar-refractivity contribution is 7.93. The monoisotopic (exact) mass is 212 g/mol. The van der Waals surface area contributed by atoms with Crippen molar-refractivity contribution in [1.29, 1.82) is 0 Å². The van der Waals surface area contributed by atoms with Crippen LogP contribution in [-0.2, 0) is 9.84 Å². The number of allylic oxidation sites excluding steroid dienone is 3. The van der Waals surface area contributed by atoms with Crippen molar-refractivity contribution >= 4 is 9.84 Å². The van der Waals surface area contributed by atoms with Gasteiger partial charge >= 0.3 is 5.51 Å². The van der Waals surface area contributed by atoms with Crippen LogP contribution in [0.2, 0.25) is 0 Å². The van der Waals surface area contributed by atoms with Crippen LogP contribution in [0.5, 0.6) is 0 Å². The maximum Gasteiger partial charge on any atom is 0.497 e. The molecule has 74 valence electrons. The van der Waals surface area contributed by atoms with Gasteiger partial charge < -0.3 is 0 Å². The van der Waals surface area contributed by atoms with E-state index in [0.29, 0.717) is 0 Å². The van der Waals surface area contributed by atoms with E-state index in [1.54, 1.807) is 0 Å². The molecule has 0 aliphatic heterocycles. The average Bonchev–Trinajstić information content (AvgIpc) is 2.04. The van der Waals surface area contributed by atoms with Gasteiger partial charge in [0.25, 0.3) is 9.84 Å². The lowest BCUT2D eigenvalue weighted by Crippen LogP contribution is -2.33. The van der Waals surface area contributed by atoms with Crippen molar-refractivity contribution in [3.63, 3.8) is 0 Å². The average molecular weight is 212 g/mol. The molecule has 0 saturated carbocycles. The predicted molar refractivity (Wildman–Crippen MR) is 41.7 cm³/mol. The van der Waals surface area contributed by atoms with Crippen molar-refractivity contribution in [1.82, 2.24) is 0 Å². The molecule has 0 heterocycles. The van der Waals surface area contributed by atoms with Gasteiger partial charge in [0.05, 0.1) is 5.25 Å². The zero-order chi connectivity index (χ0) is 10.1. The first-order valence-corrected chi connectivity index (χ1v) is 5.04. The van der Waals surface area contributed by atoms with E-state index in [-0.39, 0.29) is 6.42 Å². The van der Waals surface area contributed by atoms with E-state index in [2.05, 4.69) is 0 Å². The lowest BCUT2D eigenvalue weighted by atomic mass is 10.2. The summed E-state index contributed by atoms with van der Waals surface area (Å²) in [6.45, 7) is 0. The van der Waals surface area contributed by atoms with Crippen LogP contribution in [0.15, 0.2) is 24.3 Å². The third-order valence-corrected chi connectivity index (χ3v) is 3.45. The summed E-state index contributed by atoms with van der Waals surface area (Å²) >= 11 is 0. The van der Waals surface area contributed by atoms with E-state index in [9.17, 15) is 21.6 Å². The molecule has 0 saturated heterocycles. The number of hydrogen-bond donors (Lipinski definition) is 0. The number of hydrogen-bond acceptors (Lipinski definition) is 2. The molecule has 0 radical (unpaired) electrons. The van der Waals surface area contributed by atoms with Crippen molar-refractivity contribution in [2.24, 2.45) is 0 Å². The van der Waals surface area contributed by atoms with Gasteiger partial charge in [-0.25, -0.2) is 8.42 Å². The first-order valence-electron chi connectivity index (χ1n) is 3.49. The Morgan fingerprint density at radius 1 is 1.23 bits per heavy atom. The molecule has 1 atom stereocenters. The fourth-order valence-corrected chi connectivity index (χ4v) is 1.97. The van der Waals surface area contributed by atoms with Gasteiger partial charge in [-0.05, 0) is 6.42 Å². The van der Waals surface area contributed by atoms with Crippen LogP contribution in [0.4, 0.5) is 13.2 Å². The highest BCUT2D eigenvalue weighted by Gasteiger charge is 2.49. The first-order chi connectivity index (χ1) is 5.86. The maximum absolute atomic E-state index is 12.0. The standard InChI is InChI=1S/C7H7F3O2S/c8-7(9,10)13(11,12)6-4-2-1-3-5-6/h1-4,6H,5H2. The molecule has 0 fully saturated rings. The molecule has 6 heteroatoms. The zero-order valence-corrected chi connectivity index (χ0v) is 7.27. The van der Waals surface area contributed by atoms with Crippen LogP contribution < -0.4 is 0 Å². The molecule has 1 rings (SSSR count). The molecule has 0 amide bonds. The van der Waals surface area contributed by atoms with Gasteiger partial charge in [-0.2, -0.15) is 13.2 Å². The second-order valence-electron chi connectivity index (χ2n) is 2.58. The van der Waals surface area contributed by atoms with Crippen molar-refractivity contribution in [2.75, 3.05) is 0 Å². The summed E-state index contributed by atoms with van der Waals surface area (Å²) in [5.74, 6) is 0. The largest absolute Gasteiger partial charge is 0.497 e. The van der Waals surface area contributed by atoms with Crippen LogP contribution >= 0.6 is 0 Å². The van der Waals surface area contributed by atoms with Crippen LogP contribution in [-0.4, -0.2) is 19.2 Å². The second kappa shape index (κ2) is 3.17. The SMILES string of the molecule is O=S(=O)(C1C=CC=CC1)C(F)(F)F. The van der Waals surface area contributed by atoms with Gasteiger partial charge in [0, 0.05) is 0 Å². The van der Waals surface area contributed by atoms with Crippen LogP contribution in [0, 0.1) is 0 Å². The summed E-state index contributed by atoms with van der Waals surface area (Å²) in [7, 11) is -5.04. The summed E-state index contributed by atoms with van der Waals surface area (Å²) < 4.78 is 57.5. The molecular weight excluding hydrogens is 205 g/mol. The van der Waals surface area contributed by atoms with E-state index in [4.69, 9.17) is 0 Å². The highest BCUT2D eigenvalue weighted by Crippen LogP contribution is 2.30. The summed E-state index contributed by atoms with van der Waals surface area (Å²) in [5.41, 5.74) is -5.16. The number of alkyl halides is 3. The van der Waals surface area contributed by atoms with Gasteiger partial charge in [0.1, 0.15) is 0 Å². The molecule has 2 nitrogen and oxygen atoms in total. The third-order valence-electron chi connectivity index (χ3n) is 1.66. The second-order valence-corrected chi connectivity index (χ2v) is 4.74. The minimum atomic E-state index is -5.16. The minimum absolute atomic E-state index is 0.113. The normalized spacial score (nSPS) is 23.5. The molecule has 13 heavy (non-hydrogen) atoms. The van der Waals surface area contributed by atoms with Gasteiger partial charge in [-0.3, -0.25) is 0 Å². The molecular formula is C7H7F3O2S. The maximum atomic E-state index is 12.0. The van der Waals surface area contributed by atoms with E-state index in [0.717, 1.165) is 6.08 Å². The third kappa shape index (κ3) is 1.93. The summed E-state index contributed by atoms with van der Waals surface area (Å²) in [5, 5.41) is -1.46. The summed E-state index contributed by atoms with van der Waals surface area (Å²) in [4.78, 5) is 0.